The quantitative estimate of drug-likeness (QED) is 0.785. The second-order valence-corrected chi connectivity index (χ2v) is 6.02. The van der Waals surface area contributed by atoms with Crippen molar-refractivity contribution in [3.63, 3.8) is 0 Å². The molecule has 2 rings (SSSR count). The molecule has 2 atom stereocenters. The average molecular weight is 305 g/mol. The van der Waals surface area contributed by atoms with Crippen molar-refractivity contribution in [2.75, 3.05) is 7.11 Å². The van der Waals surface area contributed by atoms with E-state index in [-0.39, 0.29) is 18.3 Å². The van der Waals surface area contributed by atoms with Gasteiger partial charge >= 0.3 is 6.09 Å². The zero-order chi connectivity index (χ0) is 15.9. The number of carbonyl (C=O) groups is 1. The number of ether oxygens (including phenoxy) is 2. The first kappa shape index (κ1) is 16.8. The molecule has 0 heterocycles. The summed E-state index contributed by atoms with van der Waals surface area (Å²) in [6.45, 7) is 4.19. The molecule has 1 aliphatic rings. The Hall–Kier alpha value is -1.55. The van der Waals surface area contributed by atoms with Crippen molar-refractivity contribution >= 4 is 6.09 Å². The van der Waals surface area contributed by atoms with Crippen LogP contribution in [0.1, 0.15) is 56.3 Å². The fourth-order valence-electron chi connectivity index (χ4n) is 2.63. The minimum atomic E-state index is -0.320. The first-order valence-electron chi connectivity index (χ1n) is 8.21. The van der Waals surface area contributed by atoms with E-state index in [1.54, 1.807) is 7.11 Å². The van der Waals surface area contributed by atoms with Crippen LogP contribution in [0.4, 0.5) is 4.79 Å². The number of hydrogen-bond acceptors (Lipinski definition) is 3. The zero-order valence-electron chi connectivity index (χ0n) is 13.8. The molecule has 0 saturated heterocycles. The summed E-state index contributed by atoms with van der Waals surface area (Å²) >= 11 is 0. The third-order valence-electron chi connectivity index (χ3n) is 4.09. The number of nitrogens with one attached hydrogen (secondary N) is 1. The highest BCUT2D eigenvalue weighted by Gasteiger charge is 2.30. The molecule has 1 N–H and O–H groups in total. The van der Waals surface area contributed by atoms with Gasteiger partial charge in [-0.05, 0) is 43.7 Å². The number of rotatable bonds is 8. The summed E-state index contributed by atoms with van der Waals surface area (Å²) in [6.07, 6.45) is 4.19. The molecule has 4 heteroatoms. The summed E-state index contributed by atoms with van der Waals surface area (Å²) in [5.41, 5.74) is 2.24. The summed E-state index contributed by atoms with van der Waals surface area (Å²) in [6, 6.07) is 8.41. The maximum absolute atomic E-state index is 12.0. The van der Waals surface area contributed by atoms with Crippen LogP contribution in [0.5, 0.6) is 0 Å². The third-order valence-corrected chi connectivity index (χ3v) is 4.09. The molecular formula is C18H27NO3. The molecule has 1 amide bonds. The fraction of sp³-hybridized carbons (Fsp3) is 0.611. The van der Waals surface area contributed by atoms with Crippen LogP contribution in [0.3, 0.4) is 0 Å². The molecule has 122 valence electrons. The Morgan fingerprint density at radius 2 is 2.09 bits per heavy atom. The molecule has 1 aliphatic carbocycles. The molecule has 0 aromatic heterocycles. The van der Waals surface area contributed by atoms with Gasteiger partial charge in [-0.15, -0.1) is 0 Å². The van der Waals surface area contributed by atoms with Crippen molar-refractivity contribution in [3.8, 4) is 0 Å². The Balaban J connectivity index is 2.09. The van der Waals surface area contributed by atoms with Crippen molar-refractivity contribution in [2.45, 2.75) is 64.2 Å². The lowest BCUT2D eigenvalue weighted by Gasteiger charge is -2.27. The minimum Gasteiger partial charge on any atom is -0.443 e. The van der Waals surface area contributed by atoms with E-state index in [1.165, 1.54) is 0 Å². The predicted molar refractivity (Wildman–Crippen MR) is 86.9 cm³/mol. The number of hydrogen-bond donors (Lipinski definition) is 1. The van der Waals surface area contributed by atoms with Crippen molar-refractivity contribution < 1.29 is 14.3 Å². The summed E-state index contributed by atoms with van der Waals surface area (Å²) in [4.78, 5) is 12.0. The summed E-state index contributed by atoms with van der Waals surface area (Å²) in [5, 5.41) is 2.89. The Morgan fingerprint density at radius 3 is 2.68 bits per heavy atom. The van der Waals surface area contributed by atoms with Gasteiger partial charge in [-0.2, -0.15) is 0 Å². The van der Waals surface area contributed by atoms with Gasteiger partial charge in [-0.3, -0.25) is 0 Å². The number of unbranched alkanes of at least 4 members (excludes halogenated alkanes) is 1. The third kappa shape index (κ3) is 4.73. The average Bonchev–Trinajstić information content (AvgIpc) is 3.31. The predicted octanol–water partition coefficient (Wildman–Crippen LogP) is 4.13. The van der Waals surface area contributed by atoms with Gasteiger partial charge < -0.3 is 14.8 Å². The van der Waals surface area contributed by atoms with E-state index < -0.39 is 0 Å². The van der Waals surface area contributed by atoms with E-state index in [9.17, 15) is 4.79 Å². The highest BCUT2D eigenvalue weighted by molar-refractivity contribution is 5.68. The normalized spacial score (nSPS) is 16.9. The second kappa shape index (κ2) is 8.18. The Bertz CT molecular complexity index is 485. The fourth-order valence-corrected chi connectivity index (χ4v) is 2.63. The van der Waals surface area contributed by atoms with Gasteiger partial charge in [0, 0.05) is 13.2 Å². The largest absolute Gasteiger partial charge is 0.443 e. The van der Waals surface area contributed by atoms with E-state index in [0.29, 0.717) is 6.04 Å². The van der Waals surface area contributed by atoms with Gasteiger partial charge in [0.05, 0.1) is 0 Å². The first-order chi connectivity index (χ1) is 10.7. The van der Waals surface area contributed by atoms with E-state index in [1.807, 2.05) is 18.2 Å². The van der Waals surface area contributed by atoms with Gasteiger partial charge in [0.15, 0.2) is 0 Å². The molecule has 0 spiro atoms. The summed E-state index contributed by atoms with van der Waals surface area (Å²) in [7, 11) is 1.68. The van der Waals surface area contributed by atoms with Gasteiger partial charge in [-0.25, -0.2) is 4.79 Å². The number of alkyl carbamates (subject to hydrolysis) is 1. The van der Waals surface area contributed by atoms with E-state index >= 15 is 0 Å². The highest BCUT2D eigenvalue weighted by Crippen LogP contribution is 2.29. The summed E-state index contributed by atoms with van der Waals surface area (Å²) < 4.78 is 11.4. The van der Waals surface area contributed by atoms with Gasteiger partial charge in [-0.1, -0.05) is 37.6 Å². The SMILES string of the molecule is CCCCC(OC(=O)NC1CC1)C(OC)c1ccccc1C. The van der Waals surface area contributed by atoms with Crippen LogP contribution in [-0.4, -0.2) is 25.3 Å². The lowest BCUT2D eigenvalue weighted by molar-refractivity contribution is -0.0287. The molecular weight excluding hydrogens is 278 g/mol. The molecule has 0 aliphatic heterocycles. The van der Waals surface area contributed by atoms with Crippen LogP contribution >= 0.6 is 0 Å². The van der Waals surface area contributed by atoms with Crippen molar-refractivity contribution in [1.82, 2.24) is 5.32 Å². The van der Waals surface area contributed by atoms with Gasteiger partial charge in [0.2, 0.25) is 0 Å². The lowest BCUT2D eigenvalue weighted by atomic mass is 9.96. The summed E-state index contributed by atoms with van der Waals surface area (Å²) in [5.74, 6) is 0. The van der Waals surface area contributed by atoms with Crippen LogP contribution < -0.4 is 5.32 Å². The molecule has 4 nitrogen and oxygen atoms in total. The highest BCUT2D eigenvalue weighted by atomic mass is 16.6. The maximum atomic E-state index is 12.0. The van der Waals surface area contributed by atoms with Crippen LogP contribution in [0, 0.1) is 6.92 Å². The molecule has 1 aromatic rings. The second-order valence-electron chi connectivity index (χ2n) is 6.02. The maximum Gasteiger partial charge on any atom is 0.407 e. The monoisotopic (exact) mass is 305 g/mol. The van der Waals surface area contributed by atoms with E-state index in [4.69, 9.17) is 9.47 Å². The standard InChI is InChI=1S/C18H27NO3/c1-4-5-10-16(22-18(20)19-14-11-12-14)17(21-3)15-9-7-6-8-13(15)2/h6-9,14,16-17H,4-5,10-12H2,1-3H3,(H,19,20). The minimum absolute atomic E-state index is 0.224. The molecule has 1 saturated carbocycles. The van der Waals surface area contributed by atoms with Gasteiger partial charge in [0.1, 0.15) is 12.2 Å². The molecule has 1 fully saturated rings. The van der Waals surface area contributed by atoms with Crippen molar-refractivity contribution in [3.05, 3.63) is 35.4 Å². The first-order valence-corrected chi connectivity index (χ1v) is 8.21. The smallest absolute Gasteiger partial charge is 0.407 e. The Kier molecular flexibility index (Phi) is 6.25. The Labute approximate surface area is 133 Å². The number of carbonyl (C=O) groups excluding carboxylic acids is 1. The van der Waals surface area contributed by atoms with E-state index in [0.717, 1.165) is 43.2 Å². The molecule has 0 radical (unpaired) electrons. The van der Waals surface area contributed by atoms with Crippen LogP contribution in [0.2, 0.25) is 0 Å². The van der Waals surface area contributed by atoms with Crippen LogP contribution in [-0.2, 0) is 9.47 Å². The van der Waals surface area contributed by atoms with Crippen LogP contribution in [0.25, 0.3) is 0 Å². The lowest BCUT2D eigenvalue weighted by Crippen LogP contribution is -2.34. The number of amides is 1. The molecule has 0 bridgehead atoms. The van der Waals surface area contributed by atoms with Crippen LogP contribution in [0.15, 0.2) is 24.3 Å². The number of methoxy groups -OCH3 is 1. The van der Waals surface area contributed by atoms with Crippen molar-refractivity contribution in [2.24, 2.45) is 0 Å². The molecule has 1 aromatic carbocycles. The number of aryl methyl sites for hydroxylation is 1. The topological polar surface area (TPSA) is 47.6 Å². The Morgan fingerprint density at radius 1 is 1.36 bits per heavy atom. The van der Waals surface area contributed by atoms with Crippen molar-refractivity contribution in [1.29, 1.82) is 0 Å². The number of benzene rings is 1. The zero-order valence-corrected chi connectivity index (χ0v) is 13.8. The van der Waals surface area contributed by atoms with E-state index in [2.05, 4.69) is 25.2 Å². The molecule has 22 heavy (non-hydrogen) atoms. The van der Waals surface area contributed by atoms with Gasteiger partial charge in [0.25, 0.3) is 0 Å². The molecule has 2 unspecified atom stereocenters.